The summed E-state index contributed by atoms with van der Waals surface area (Å²) in [6.45, 7) is 4.64. The van der Waals surface area contributed by atoms with Crippen LogP contribution < -0.4 is 5.32 Å². The van der Waals surface area contributed by atoms with E-state index >= 15 is 0 Å². The van der Waals surface area contributed by atoms with Crippen LogP contribution in [0.5, 0.6) is 0 Å². The Kier molecular flexibility index (Phi) is 5.60. The first kappa shape index (κ1) is 17.4. The minimum absolute atomic E-state index is 0.0492. The number of benzene rings is 1. The molecule has 0 saturated heterocycles. The number of rotatable bonds is 7. The Morgan fingerprint density at radius 2 is 2.00 bits per heavy atom. The van der Waals surface area contributed by atoms with Gasteiger partial charge in [-0.1, -0.05) is 31.1 Å². The fourth-order valence-electron chi connectivity index (χ4n) is 2.33. The lowest BCUT2D eigenvalue weighted by molar-refractivity contribution is -0.120. The number of aromatic nitrogens is 1. The van der Waals surface area contributed by atoms with E-state index in [1.807, 2.05) is 23.9 Å². The van der Waals surface area contributed by atoms with Gasteiger partial charge in [0.1, 0.15) is 5.69 Å². The highest BCUT2D eigenvalue weighted by Crippen LogP contribution is 2.23. The second-order valence-corrected chi connectivity index (χ2v) is 7.57. The Bertz CT molecular complexity index is 808. The van der Waals surface area contributed by atoms with Crippen LogP contribution in [-0.2, 0) is 17.8 Å². The molecular formula is C19H20N2O3S. The summed E-state index contributed by atoms with van der Waals surface area (Å²) in [5, 5.41) is 7.34. The second kappa shape index (κ2) is 8.07. The van der Waals surface area contributed by atoms with Gasteiger partial charge in [-0.15, -0.1) is 11.8 Å². The topological polar surface area (TPSA) is 68.3 Å². The van der Waals surface area contributed by atoms with Crippen molar-refractivity contribution in [1.82, 2.24) is 10.5 Å². The molecule has 0 aliphatic carbocycles. The van der Waals surface area contributed by atoms with E-state index in [1.54, 1.807) is 24.5 Å². The van der Waals surface area contributed by atoms with Gasteiger partial charge in [-0.3, -0.25) is 4.79 Å². The van der Waals surface area contributed by atoms with Gasteiger partial charge in [-0.25, -0.2) is 0 Å². The van der Waals surface area contributed by atoms with Crippen LogP contribution in [0.4, 0.5) is 0 Å². The molecule has 1 N–H and O–H groups in total. The van der Waals surface area contributed by atoms with Gasteiger partial charge < -0.3 is 14.3 Å². The summed E-state index contributed by atoms with van der Waals surface area (Å²) >= 11 is 1.81. The molecule has 0 fully saturated rings. The third kappa shape index (κ3) is 5.00. The molecule has 2 heterocycles. The zero-order valence-electron chi connectivity index (χ0n) is 14.2. The van der Waals surface area contributed by atoms with Gasteiger partial charge in [0.05, 0.1) is 19.2 Å². The van der Waals surface area contributed by atoms with Crippen LogP contribution in [0, 0.1) is 0 Å². The van der Waals surface area contributed by atoms with Gasteiger partial charge in [0.25, 0.3) is 0 Å². The first-order chi connectivity index (χ1) is 12.1. The van der Waals surface area contributed by atoms with Crippen molar-refractivity contribution in [3.63, 3.8) is 0 Å². The Hall–Kier alpha value is -2.47. The average Bonchev–Trinajstić information content (AvgIpc) is 3.25. The molecule has 3 rings (SSSR count). The lowest BCUT2D eigenvalue weighted by Crippen LogP contribution is -2.24. The predicted octanol–water partition coefficient (Wildman–Crippen LogP) is 4.29. The SMILES string of the molecule is CC(C)Sc1ccc(CC(=O)NCc2cc(-c3ccco3)on2)cc1. The lowest BCUT2D eigenvalue weighted by atomic mass is 10.1. The van der Waals surface area contributed by atoms with E-state index in [2.05, 4.69) is 36.5 Å². The number of nitrogens with one attached hydrogen (secondary N) is 1. The van der Waals surface area contributed by atoms with Crippen LogP contribution in [0.25, 0.3) is 11.5 Å². The van der Waals surface area contributed by atoms with Gasteiger partial charge in [-0.2, -0.15) is 0 Å². The van der Waals surface area contributed by atoms with Gasteiger partial charge in [0, 0.05) is 16.2 Å². The Labute approximate surface area is 150 Å². The van der Waals surface area contributed by atoms with Crippen LogP contribution in [0.1, 0.15) is 25.1 Å². The summed E-state index contributed by atoms with van der Waals surface area (Å²) in [4.78, 5) is 13.3. The largest absolute Gasteiger partial charge is 0.461 e. The quantitative estimate of drug-likeness (QED) is 0.640. The van der Waals surface area contributed by atoms with Gasteiger partial charge in [0.15, 0.2) is 5.76 Å². The molecule has 1 aromatic carbocycles. The van der Waals surface area contributed by atoms with Crippen LogP contribution in [0.2, 0.25) is 0 Å². The van der Waals surface area contributed by atoms with Crippen LogP contribution >= 0.6 is 11.8 Å². The Balaban J connectivity index is 1.49. The lowest BCUT2D eigenvalue weighted by Gasteiger charge is -2.06. The van der Waals surface area contributed by atoms with E-state index in [-0.39, 0.29) is 5.91 Å². The molecule has 0 saturated carbocycles. The smallest absolute Gasteiger partial charge is 0.224 e. The summed E-state index contributed by atoms with van der Waals surface area (Å²) in [5.74, 6) is 1.11. The maximum Gasteiger partial charge on any atom is 0.224 e. The molecule has 0 atom stereocenters. The number of hydrogen-bond acceptors (Lipinski definition) is 5. The predicted molar refractivity (Wildman–Crippen MR) is 97.2 cm³/mol. The highest BCUT2D eigenvalue weighted by molar-refractivity contribution is 7.99. The van der Waals surface area contributed by atoms with Crippen molar-refractivity contribution in [2.75, 3.05) is 0 Å². The summed E-state index contributed by atoms with van der Waals surface area (Å²) < 4.78 is 10.5. The summed E-state index contributed by atoms with van der Waals surface area (Å²) in [7, 11) is 0. The summed E-state index contributed by atoms with van der Waals surface area (Å²) in [6, 6.07) is 13.4. The highest BCUT2D eigenvalue weighted by Gasteiger charge is 2.10. The number of amides is 1. The highest BCUT2D eigenvalue weighted by atomic mass is 32.2. The van der Waals surface area contributed by atoms with Crippen molar-refractivity contribution in [2.45, 2.75) is 37.0 Å². The third-order valence-electron chi connectivity index (χ3n) is 3.45. The van der Waals surface area contributed by atoms with E-state index in [0.717, 1.165) is 5.56 Å². The van der Waals surface area contributed by atoms with Gasteiger partial charge in [0.2, 0.25) is 11.7 Å². The molecule has 0 aliphatic heterocycles. The fraction of sp³-hybridized carbons (Fsp3) is 0.263. The minimum atomic E-state index is -0.0492. The second-order valence-electron chi connectivity index (χ2n) is 5.92. The standard InChI is InChI=1S/C19H20N2O3S/c1-13(2)25-16-7-5-14(6-8-16)10-19(22)20-12-15-11-18(24-21-15)17-4-3-9-23-17/h3-9,11,13H,10,12H2,1-2H3,(H,20,22). The molecule has 6 heteroatoms. The van der Waals surface area contributed by atoms with Crippen LogP contribution in [-0.4, -0.2) is 16.3 Å². The third-order valence-corrected chi connectivity index (χ3v) is 4.47. The maximum atomic E-state index is 12.1. The number of carbonyl (C=O) groups is 1. The van der Waals surface area contributed by atoms with E-state index in [4.69, 9.17) is 8.94 Å². The molecular weight excluding hydrogens is 336 g/mol. The number of nitrogens with zero attached hydrogens (tertiary/aromatic N) is 1. The Morgan fingerprint density at radius 3 is 2.68 bits per heavy atom. The Morgan fingerprint density at radius 1 is 1.20 bits per heavy atom. The maximum absolute atomic E-state index is 12.1. The van der Waals surface area contributed by atoms with E-state index < -0.39 is 0 Å². The number of hydrogen-bond donors (Lipinski definition) is 1. The molecule has 0 bridgehead atoms. The number of carbonyl (C=O) groups excluding carboxylic acids is 1. The molecule has 5 nitrogen and oxygen atoms in total. The molecule has 25 heavy (non-hydrogen) atoms. The first-order valence-corrected chi connectivity index (χ1v) is 9.00. The van der Waals surface area contributed by atoms with E-state index in [9.17, 15) is 4.79 Å². The fourth-order valence-corrected chi connectivity index (χ4v) is 3.16. The van der Waals surface area contributed by atoms with Crippen molar-refractivity contribution in [2.24, 2.45) is 0 Å². The number of thioether (sulfide) groups is 1. The molecule has 1 amide bonds. The van der Waals surface area contributed by atoms with Crippen molar-refractivity contribution >= 4 is 17.7 Å². The zero-order chi connectivity index (χ0) is 17.6. The normalized spacial score (nSPS) is 11.0. The van der Waals surface area contributed by atoms with Crippen LogP contribution in [0.3, 0.4) is 0 Å². The van der Waals surface area contributed by atoms with Crippen molar-refractivity contribution in [3.8, 4) is 11.5 Å². The number of furan rings is 1. The van der Waals surface area contributed by atoms with Gasteiger partial charge >= 0.3 is 0 Å². The van der Waals surface area contributed by atoms with Crippen molar-refractivity contribution in [3.05, 3.63) is 60.0 Å². The first-order valence-electron chi connectivity index (χ1n) is 8.12. The van der Waals surface area contributed by atoms with Crippen molar-refractivity contribution in [1.29, 1.82) is 0 Å². The van der Waals surface area contributed by atoms with Crippen molar-refractivity contribution < 1.29 is 13.7 Å². The van der Waals surface area contributed by atoms with Gasteiger partial charge in [-0.05, 0) is 29.8 Å². The molecule has 3 aromatic rings. The summed E-state index contributed by atoms with van der Waals surface area (Å²) in [5.41, 5.74) is 1.64. The zero-order valence-corrected chi connectivity index (χ0v) is 15.0. The monoisotopic (exact) mass is 356 g/mol. The van der Waals surface area contributed by atoms with E-state index in [0.29, 0.717) is 35.4 Å². The van der Waals surface area contributed by atoms with Crippen LogP contribution in [0.15, 0.2) is 62.6 Å². The molecule has 0 unspecified atom stereocenters. The molecule has 130 valence electrons. The van der Waals surface area contributed by atoms with E-state index in [1.165, 1.54) is 4.90 Å². The molecule has 0 aliphatic rings. The molecule has 0 spiro atoms. The summed E-state index contributed by atoms with van der Waals surface area (Å²) in [6.07, 6.45) is 1.92. The molecule has 2 aromatic heterocycles. The average molecular weight is 356 g/mol. The molecule has 0 radical (unpaired) electrons. The minimum Gasteiger partial charge on any atom is -0.461 e.